The molecule has 0 spiro atoms. The number of nitrogens with one attached hydrogen (secondary N) is 1. The van der Waals surface area contributed by atoms with Crippen molar-refractivity contribution in [2.45, 2.75) is 32.4 Å². The third-order valence-electron chi connectivity index (χ3n) is 3.09. The highest BCUT2D eigenvalue weighted by molar-refractivity contribution is 7.09. The van der Waals surface area contributed by atoms with Crippen LogP contribution in [0.25, 0.3) is 0 Å². The molecule has 104 valence electrons. The molecule has 1 aromatic heterocycles. The van der Waals surface area contributed by atoms with Crippen molar-refractivity contribution in [3.05, 3.63) is 16.1 Å². The van der Waals surface area contributed by atoms with E-state index in [2.05, 4.69) is 10.3 Å². The Hall–Kier alpha value is -1.47. The number of nitrogens with two attached hydrogens (primary N) is 1. The van der Waals surface area contributed by atoms with Gasteiger partial charge in [-0.15, -0.1) is 11.3 Å². The van der Waals surface area contributed by atoms with Gasteiger partial charge in [0.1, 0.15) is 16.7 Å². The zero-order valence-corrected chi connectivity index (χ0v) is 11.7. The number of nitrogens with zero attached hydrogens (tertiary/aromatic N) is 2. The molecule has 1 aromatic rings. The van der Waals surface area contributed by atoms with Crippen LogP contribution < -0.4 is 11.1 Å². The van der Waals surface area contributed by atoms with Crippen molar-refractivity contribution in [1.29, 1.82) is 0 Å². The molecule has 0 bridgehead atoms. The first-order valence-corrected chi connectivity index (χ1v) is 7.24. The van der Waals surface area contributed by atoms with Crippen LogP contribution in [0.4, 0.5) is 0 Å². The fourth-order valence-electron chi connectivity index (χ4n) is 2.05. The highest BCUT2D eigenvalue weighted by Gasteiger charge is 2.25. The van der Waals surface area contributed by atoms with E-state index in [9.17, 15) is 9.59 Å². The maximum Gasteiger partial charge on any atom is 0.271 e. The van der Waals surface area contributed by atoms with E-state index in [0.29, 0.717) is 17.2 Å². The number of aromatic nitrogens is 1. The summed E-state index contributed by atoms with van der Waals surface area (Å²) in [6.45, 7) is 3.59. The van der Waals surface area contributed by atoms with Crippen molar-refractivity contribution < 1.29 is 9.59 Å². The maximum absolute atomic E-state index is 12.0. The van der Waals surface area contributed by atoms with E-state index in [1.54, 1.807) is 17.2 Å². The summed E-state index contributed by atoms with van der Waals surface area (Å²) in [6.07, 6.45) is 2.08. The minimum atomic E-state index is -0.520. The average Bonchev–Trinajstić information content (AvgIpc) is 3.08. The fraction of sp³-hybridized carbons (Fsp3) is 0.583. The minimum absolute atomic E-state index is 0.0277. The molecule has 0 aromatic carbocycles. The van der Waals surface area contributed by atoms with Crippen molar-refractivity contribution in [3.8, 4) is 0 Å². The Morgan fingerprint density at radius 3 is 2.79 bits per heavy atom. The molecular formula is C12H18N4O2S. The van der Waals surface area contributed by atoms with Gasteiger partial charge < -0.3 is 16.0 Å². The highest BCUT2D eigenvalue weighted by atomic mass is 32.1. The van der Waals surface area contributed by atoms with Crippen LogP contribution in [0.5, 0.6) is 0 Å². The number of carbonyl (C=O) groups excluding carboxylic acids is 2. The average molecular weight is 282 g/mol. The minimum Gasteiger partial charge on any atom is -0.341 e. The van der Waals surface area contributed by atoms with Gasteiger partial charge in [-0.05, 0) is 19.8 Å². The monoisotopic (exact) mass is 282 g/mol. The SMILES string of the molecule is CC(NC(=O)c1csc(CN)n1)C(=O)N1CCCC1. The van der Waals surface area contributed by atoms with Crippen LogP contribution in [0, 0.1) is 0 Å². The van der Waals surface area contributed by atoms with Crippen LogP contribution in [0.3, 0.4) is 0 Å². The number of carbonyl (C=O) groups is 2. The third kappa shape index (κ3) is 3.30. The summed E-state index contributed by atoms with van der Waals surface area (Å²) in [5, 5.41) is 5.05. The quantitative estimate of drug-likeness (QED) is 0.833. The number of likely N-dealkylation sites (tertiary alicyclic amines) is 1. The van der Waals surface area contributed by atoms with E-state index in [0.717, 1.165) is 25.9 Å². The van der Waals surface area contributed by atoms with Gasteiger partial charge in [0.05, 0.1) is 0 Å². The van der Waals surface area contributed by atoms with E-state index >= 15 is 0 Å². The van der Waals surface area contributed by atoms with E-state index in [1.165, 1.54) is 11.3 Å². The molecule has 3 N–H and O–H groups in total. The molecular weight excluding hydrogens is 264 g/mol. The van der Waals surface area contributed by atoms with Gasteiger partial charge in [-0.25, -0.2) is 4.98 Å². The van der Waals surface area contributed by atoms with E-state index in [4.69, 9.17) is 5.73 Å². The van der Waals surface area contributed by atoms with Crippen LogP contribution in [-0.4, -0.2) is 40.8 Å². The Kier molecular flexibility index (Phi) is 4.49. The van der Waals surface area contributed by atoms with Gasteiger partial charge in [0, 0.05) is 25.0 Å². The second-order valence-corrected chi connectivity index (χ2v) is 5.50. The molecule has 2 amide bonds. The summed E-state index contributed by atoms with van der Waals surface area (Å²) < 4.78 is 0. The van der Waals surface area contributed by atoms with Crippen molar-refractivity contribution in [3.63, 3.8) is 0 Å². The standard InChI is InChI=1S/C12H18N4O2S/c1-8(12(18)16-4-2-3-5-16)14-11(17)9-7-19-10(6-13)15-9/h7-8H,2-6,13H2,1H3,(H,14,17). The smallest absolute Gasteiger partial charge is 0.271 e. The van der Waals surface area contributed by atoms with Gasteiger partial charge in [0.25, 0.3) is 5.91 Å². The molecule has 1 aliphatic rings. The summed E-state index contributed by atoms with van der Waals surface area (Å²) in [5.74, 6) is -0.351. The Labute approximate surface area is 116 Å². The molecule has 2 rings (SSSR count). The van der Waals surface area contributed by atoms with Crippen LogP contribution in [0.2, 0.25) is 0 Å². The Morgan fingerprint density at radius 1 is 1.53 bits per heavy atom. The lowest BCUT2D eigenvalue weighted by Crippen LogP contribution is -2.46. The lowest BCUT2D eigenvalue weighted by atomic mass is 10.2. The topological polar surface area (TPSA) is 88.3 Å². The first-order valence-electron chi connectivity index (χ1n) is 6.36. The predicted octanol–water partition coefficient (Wildman–Crippen LogP) is 0.342. The van der Waals surface area contributed by atoms with Crippen LogP contribution in [-0.2, 0) is 11.3 Å². The number of rotatable bonds is 4. The summed E-state index contributed by atoms with van der Waals surface area (Å²) in [6, 6.07) is -0.520. The summed E-state index contributed by atoms with van der Waals surface area (Å²) in [4.78, 5) is 29.9. The molecule has 1 aliphatic heterocycles. The van der Waals surface area contributed by atoms with Gasteiger partial charge in [-0.2, -0.15) is 0 Å². The molecule has 1 fully saturated rings. The summed E-state index contributed by atoms with van der Waals surface area (Å²) in [7, 11) is 0. The molecule has 0 aliphatic carbocycles. The number of thiazole rings is 1. The van der Waals surface area contributed by atoms with Crippen molar-refractivity contribution in [2.75, 3.05) is 13.1 Å². The van der Waals surface area contributed by atoms with Crippen LogP contribution in [0.1, 0.15) is 35.3 Å². The third-order valence-corrected chi connectivity index (χ3v) is 3.97. The number of hydrogen-bond donors (Lipinski definition) is 2. The highest BCUT2D eigenvalue weighted by Crippen LogP contribution is 2.11. The maximum atomic E-state index is 12.0. The zero-order valence-electron chi connectivity index (χ0n) is 10.9. The molecule has 2 heterocycles. The Balaban J connectivity index is 1.92. The lowest BCUT2D eigenvalue weighted by molar-refractivity contribution is -0.131. The molecule has 1 atom stereocenters. The van der Waals surface area contributed by atoms with E-state index < -0.39 is 6.04 Å². The number of amides is 2. The Bertz CT molecular complexity index is 468. The lowest BCUT2D eigenvalue weighted by Gasteiger charge is -2.20. The molecule has 1 unspecified atom stereocenters. The van der Waals surface area contributed by atoms with Crippen LogP contribution >= 0.6 is 11.3 Å². The van der Waals surface area contributed by atoms with Gasteiger partial charge in [0.2, 0.25) is 5.91 Å². The first kappa shape index (κ1) is 14.0. The second-order valence-electron chi connectivity index (χ2n) is 4.56. The fourth-order valence-corrected chi connectivity index (χ4v) is 2.71. The molecule has 6 nitrogen and oxygen atoms in total. The largest absolute Gasteiger partial charge is 0.341 e. The molecule has 1 saturated heterocycles. The van der Waals surface area contributed by atoms with Crippen molar-refractivity contribution in [2.24, 2.45) is 5.73 Å². The van der Waals surface area contributed by atoms with Gasteiger partial charge >= 0.3 is 0 Å². The van der Waals surface area contributed by atoms with E-state index in [-0.39, 0.29) is 11.8 Å². The van der Waals surface area contributed by atoms with Gasteiger partial charge in [-0.3, -0.25) is 9.59 Å². The number of hydrogen-bond acceptors (Lipinski definition) is 5. The molecule has 19 heavy (non-hydrogen) atoms. The van der Waals surface area contributed by atoms with Crippen LogP contribution in [0.15, 0.2) is 5.38 Å². The predicted molar refractivity (Wildman–Crippen MR) is 72.7 cm³/mol. The summed E-state index contributed by atoms with van der Waals surface area (Å²) in [5.41, 5.74) is 5.78. The van der Waals surface area contributed by atoms with Gasteiger partial charge in [0.15, 0.2) is 0 Å². The van der Waals surface area contributed by atoms with E-state index in [1.807, 2.05) is 0 Å². The first-order chi connectivity index (χ1) is 9.11. The summed E-state index contributed by atoms with van der Waals surface area (Å²) >= 11 is 1.35. The molecule has 7 heteroatoms. The molecule has 0 radical (unpaired) electrons. The van der Waals surface area contributed by atoms with Crippen molar-refractivity contribution >= 4 is 23.2 Å². The molecule has 0 saturated carbocycles. The second kappa shape index (κ2) is 6.12. The van der Waals surface area contributed by atoms with Gasteiger partial charge in [-0.1, -0.05) is 0 Å². The normalized spacial score (nSPS) is 16.4. The van der Waals surface area contributed by atoms with Crippen molar-refractivity contribution in [1.82, 2.24) is 15.2 Å². The zero-order chi connectivity index (χ0) is 13.8. The Morgan fingerprint density at radius 2 is 2.21 bits per heavy atom.